The SMILES string of the molecule is O=c1cccnn1Cc1cnn(-c2ccccc2)n1. The fourth-order valence-corrected chi connectivity index (χ4v) is 1.71. The molecule has 0 aliphatic carbocycles. The van der Waals surface area contributed by atoms with Crippen LogP contribution < -0.4 is 5.56 Å². The van der Waals surface area contributed by atoms with Crippen molar-refractivity contribution in [1.29, 1.82) is 0 Å². The van der Waals surface area contributed by atoms with Gasteiger partial charge >= 0.3 is 0 Å². The van der Waals surface area contributed by atoms with Gasteiger partial charge in [0.2, 0.25) is 0 Å². The molecule has 0 aliphatic heterocycles. The van der Waals surface area contributed by atoms with Crippen LogP contribution in [0, 0.1) is 0 Å². The van der Waals surface area contributed by atoms with E-state index in [9.17, 15) is 4.79 Å². The highest BCUT2D eigenvalue weighted by molar-refractivity contribution is 5.28. The van der Waals surface area contributed by atoms with Gasteiger partial charge in [-0.1, -0.05) is 18.2 Å². The van der Waals surface area contributed by atoms with E-state index in [2.05, 4.69) is 15.3 Å². The van der Waals surface area contributed by atoms with Gasteiger partial charge in [0.05, 0.1) is 18.4 Å². The third kappa shape index (κ3) is 2.42. The fourth-order valence-electron chi connectivity index (χ4n) is 1.71. The second-order valence-electron chi connectivity index (χ2n) is 3.98. The normalized spacial score (nSPS) is 10.5. The van der Waals surface area contributed by atoms with Gasteiger partial charge in [0, 0.05) is 12.3 Å². The first-order valence-electron chi connectivity index (χ1n) is 5.82. The van der Waals surface area contributed by atoms with Crippen molar-refractivity contribution >= 4 is 0 Å². The van der Waals surface area contributed by atoms with E-state index < -0.39 is 0 Å². The zero-order chi connectivity index (χ0) is 13.1. The third-order valence-corrected chi connectivity index (χ3v) is 2.62. The Morgan fingerprint density at radius 3 is 2.63 bits per heavy atom. The predicted octanol–water partition coefficient (Wildman–Crippen LogP) is 0.872. The third-order valence-electron chi connectivity index (χ3n) is 2.62. The van der Waals surface area contributed by atoms with E-state index in [1.807, 2.05) is 30.3 Å². The summed E-state index contributed by atoms with van der Waals surface area (Å²) in [6.07, 6.45) is 3.21. The topological polar surface area (TPSA) is 65.6 Å². The molecule has 1 aromatic carbocycles. The van der Waals surface area contributed by atoms with Crippen LogP contribution in [0.15, 0.2) is 59.7 Å². The summed E-state index contributed by atoms with van der Waals surface area (Å²) in [5.74, 6) is 0. The van der Waals surface area contributed by atoms with E-state index >= 15 is 0 Å². The summed E-state index contributed by atoms with van der Waals surface area (Å²) in [7, 11) is 0. The lowest BCUT2D eigenvalue weighted by molar-refractivity contribution is 0.619. The Morgan fingerprint density at radius 2 is 1.84 bits per heavy atom. The van der Waals surface area contributed by atoms with Gasteiger partial charge in [-0.3, -0.25) is 4.79 Å². The fraction of sp³-hybridized carbons (Fsp3) is 0.0769. The van der Waals surface area contributed by atoms with Crippen LogP contribution in [0.4, 0.5) is 0 Å². The smallest absolute Gasteiger partial charge is 0.267 e. The molecule has 3 rings (SSSR count). The Labute approximate surface area is 108 Å². The minimum absolute atomic E-state index is 0.156. The molecule has 0 atom stereocenters. The monoisotopic (exact) mass is 253 g/mol. The maximum absolute atomic E-state index is 11.5. The van der Waals surface area contributed by atoms with Crippen molar-refractivity contribution in [3.63, 3.8) is 0 Å². The van der Waals surface area contributed by atoms with Crippen molar-refractivity contribution in [2.45, 2.75) is 6.54 Å². The van der Waals surface area contributed by atoms with E-state index in [0.717, 1.165) is 5.69 Å². The first kappa shape index (κ1) is 11.3. The molecule has 0 aliphatic rings. The molecule has 0 radical (unpaired) electrons. The molecule has 0 fully saturated rings. The number of hydrogen-bond donors (Lipinski definition) is 0. The lowest BCUT2D eigenvalue weighted by Gasteiger charge is -2.00. The molecule has 2 aromatic heterocycles. The standard InChI is InChI=1S/C13H11N5O/c19-13-7-4-8-14-17(13)10-11-9-15-18(16-11)12-5-2-1-3-6-12/h1-9H,10H2. The Morgan fingerprint density at radius 1 is 1.00 bits per heavy atom. The molecule has 0 saturated carbocycles. The molecule has 0 amide bonds. The van der Waals surface area contributed by atoms with Crippen LogP contribution in [0.5, 0.6) is 0 Å². The van der Waals surface area contributed by atoms with Gasteiger partial charge in [-0.05, 0) is 18.2 Å². The van der Waals surface area contributed by atoms with Gasteiger partial charge in [-0.25, -0.2) is 4.68 Å². The van der Waals surface area contributed by atoms with Crippen LogP contribution in [0.3, 0.4) is 0 Å². The van der Waals surface area contributed by atoms with Crippen LogP contribution in [-0.4, -0.2) is 24.8 Å². The Hall–Kier alpha value is -2.76. The molecule has 94 valence electrons. The highest BCUT2D eigenvalue weighted by atomic mass is 16.1. The lowest BCUT2D eigenvalue weighted by Crippen LogP contribution is -2.21. The van der Waals surface area contributed by atoms with Crippen molar-refractivity contribution in [3.8, 4) is 5.69 Å². The molecule has 0 unspecified atom stereocenters. The minimum atomic E-state index is -0.156. The highest BCUT2D eigenvalue weighted by Crippen LogP contribution is 2.04. The van der Waals surface area contributed by atoms with Gasteiger partial charge in [0.15, 0.2) is 0 Å². The number of para-hydroxylation sites is 1. The average molecular weight is 253 g/mol. The summed E-state index contributed by atoms with van der Waals surface area (Å²) in [5, 5.41) is 12.5. The molecule has 2 heterocycles. The summed E-state index contributed by atoms with van der Waals surface area (Å²) in [4.78, 5) is 13.1. The zero-order valence-electron chi connectivity index (χ0n) is 10.0. The average Bonchev–Trinajstić information content (AvgIpc) is 2.91. The molecular formula is C13H11N5O. The second kappa shape index (κ2) is 4.85. The van der Waals surface area contributed by atoms with Crippen LogP contribution in [-0.2, 0) is 6.54 Å². The molecule has 0 bridgehead atoms. The maximum atomic E-state index is 11.5. The van der Waals surface area contributed by atoms with E-state index in [1.54, 1.807) is 18.5 Å². The van der Waals surface area contributed by atoms with Crippen LogP contribution in [0.2, 0.25) is 0 Å². The summed E-state index contributed by atoms with van der Waals surface area (Å²) in [6, 6.07) is 12.7. The van der Waals surface area contributed by atoms with Crippen LogP contribution in [0.25, 0.3) is 5.69 Å². The highest BCUT2D eigenvalue weighted by Gasteiger charge is 2.04. The molecule has 3 aromatic rings. The summed E-state index contributed by atoms with van der Waals surface area (Å²) >= 11 is 0. The Bertz CT molecular complexity index is 732. The van der Waals surface area contributed by atoms with Gasteiger partial charge in [-0.15, -0.1) is 0 Å². The Kier molecular flexibility index (Phi) is 2.89. The molecule has 0 spiro atoms. The first-order chi connectivity index (χ1) is 9.33. The molecule has 6 nitrogen and oxygen atoms in total. The van der Waals surface area contributed by atoms with Crippen molar-refractivity contribution in [2.24, 2.45) is 0 Å². The summed E-state index contributed by atoms with van der Waals surface area (Å²) in [5.41, 5.74) is 1.41. The van der Waals surface area contributed by atoms with Gasteiger partial charge in [-0.2, -0.15) is 20.1 Å². The van der Waals surface area contributed by atoms with E-state index in [-0.39, 0.29) is 5.56 Å². The number of benzene rings is 1. The quantitative estimate of drug-likeness (QED) is 0.694. The number of nitrogens with zero attached hydrogens (tertiary/aromatic N) is 5. The van der Waals surface area contributed by atoms with Crippen molar-refractivity contribution in [2.75, 3.05) is 0 Å². The van der Waals surface area contributed by atoms with Gasteiger partial charge in [0.1, 0.15) is 5.69 Å². The number of aromatic nitrogens is 5. The van der Waals surface area contributed by atoms with Crippen molar-refractivity contribution in [3.05, 3.63) is 70.9 Å². The molecule has 19 heavy (non-hydrogen) atoms. The van der Waals surface area contributed by atoms with Crippen molar-refractivity contribution in [1.82, 2.24) is 24.8 Å². The van der Waals surface area contributed by atoms with Crippen LogP contribution >= 0.6 is 0 Å². The zero-order valence-corrected chi connectivity index (χ0v) is 10.0. The molecule has 0 N–H and O–H groups in total. The van der Waals surface area contributed by atoms with E-state index in [0.29, 0.717) is 12.2 Å². The Balaban J connectivity index is 1.87. The maximum Gasteiger partial charge on any atom is 0.267 e. The minimum Gasteiger partial charge on any atom is -0.268 e. The molecule has 0 saturated heterocycles. The lowest BCUT2D eigenvalue weighted by atomic mass is 10.3. The molecule has 6 heteroatoms. The van der Waals surface area contributed by atoms with E-state index in [1.165, 1.54) is 15.5 Å². The predicted molar refractivity (Wildman–Crippen MR) is 69.0 cm³/mol. The van der Waals surface area contributed by atoms with Crippen molar-refractivity contribution < 1.29 is 0 Å². The number of rotatable bonds is 3. The van der Waals surface area contributed by atoms with Crippen LogP contribution in [0.1, 0.15) is 5.69 Å². The van der Waals surface area contributed by atoms with Gasteiger partial charge < -0.3 is 0 Å². The largest absolute Gasteiger partial charge is 0.268 e. The molecular weight excluding hydrogens is 242 g/mol. The summed E-state index contributed by atoms with van der Waals surface area (Å²) in [6.45, 7) is 0.312. The van der Waals surface area contributed by atoms with Gasteiger partial charge in [0.25, 0.3) is 5.56 Å². The summed E-state index contributed by atoms with van der Waals surface area (Å²) < 4.78 is 1.35. The second-order valence-corrected chi connectivity index (χ2v) is 3.98. The first-order valence-corrected chi connectivity index (χ1v) is 5.82. The van der Waals surface area contributed by atoms with E-state index in [4.69, 9.17) is 0 Å². The number of hydrogen-bond acceptors (Lipinski definition) is 4.